The molecule has 0 bridgehead atoms. The number of pyridine rings is 1. The van der Waals surface area contributed by atoms with E-state index in [1.54, 1.807) is 0 Å². The molecule has 2 heteroatoms. The predicted molar refractivity (Wildman–Crippen MR) is 101 cm³/mol. The lowest BCUT2D eigenvalue weighted by molar-refractivity contribution is 0.398. The summed E-state index contributed by atoms with van der Waals surface area (Å²) in [5.41, 5.74) is 2.67. The fourth-order valence-electron chi connectivity index (χ4n) is 3.66. The maximum Gasteiger partial charge on any atom is 0.129 e. The van der Waals surface area contributed by atoms with Crippen LogP contribution in [-0.4, -0.2) is 11.5 Å². The van der Waals surface area contributed by atoms with Crippen molar-refractivity contribution < 1.29 is 0 Å². The van der Waals surface area contributed by atoms with E-state index in [4.69, 9.17) is 4.98 Å². The molecule has 0 saturated carbocycles. The van der Waals surface area contributed by atoms with Gasteiger partial charge < -0.3 is 5.32 Å². The average Bonchev–Trinajstić information content (AvgIpc) is 2.60. The van der Waals surface area contributed by atoms with Crippen molar-refractivity contribution in [2.24, 2.45) is 5.92 Å². The Balaban J connectivity index is 1.61. The van der Waals surface area contributed by atoms with E-state index in [2.05, 4.69) is 31.3 Å². The molecule has 2 heterocycles. The Morgan fingerprint density at radius 3 is 2.65 bits per heavy atom. The summed E-state index contributed by atoms with van der Waals surface area (Å²) in [5, 5.41) is 3.44. The first-order valence-corrected chi connectivity index (χ1v) is 10.1. The summed E-state index contributed by atoms with van der Waals surface area (Å²) < 4.78 is 0. The molecule has 0 fully saturated rings. The first kappa shape index (κ1) is 18.3. The van der Waals surface area contributed by atoms with Gasteiger partial charge in [-0.15, -0.1) is 0 Å². The van der Waals surface area contributed by atoms with Gasteiger partial charge in [-0.05, 0) is 43.2 Å². The summed E-state index contributed by atoms with van der Waals surface area (Å²) >= 11 is 0. The van der Waals surface area contributed by atoms with Gasteiger partial charge in [0.2, 0.25) is 0 Å². The number of unbranched alkanes of at least 4 members (excludes halogenated alkanes) is 4. The third-order valence-corrected chi connectivity index (χ3v) is 5.29. The van der Waals surface area contributed by atoms with Crippen molar-refractivity contribution in [3.05, 3.63) is 23.4 Å². The van der Waals surface area contributed by atoms with Gasteiger partial charge in [-0.25, -0.2) is 4.98 Å². The van der Waals surface area contributed by atoms with Crippen molar-refractivity contribution in [2.75, 3.05) is 11.9 Å². The molecule has 2 nitrogen and oxygen atoms in total. The van der Waals surface area contributed by atoms with Crippen molar-refractivity contribution in [3.63, 3.8) is 0 Å². The second-order valence-corrected chi connectivity index (χ2v) is 7.21. The van der Waals surface area contributed by atoms with Crippen LogP contribution in [0.15, 0.2) is 12.1 Å². The van der Waals surface area contributed by atoms with E-state index in [0.29, 0.717) is 0 Å². The van der Waals surface area contributed by atoms with Gasteiger partial charge in [0.1, 0.15) is 5.82 Å². The molecule has 1 aromatic heterocycles. The van der Waals surface area contributed by atoms with Gasteiger partial charge in [-0.3, -0.25) is 0 Å². The van der Waals surface area contributed by atoms with Gasteiger partial charge in [0.25, 0.3) is 0 Å². The molecule has 0 amide bonds. The summed E-state index contributed by atoms with van der Waals surface area (Å²) in [7, 11) is 0. The van der Waals surface area contributed by atoms with Crippen molar-refractivity contribution in [3.8, 4) is 0 Å². The van der Waals surface area contributed by atoms with Crippen LogP contribution >= 0.6 is 0 Å². The van der Waals surface area contributed by atoms with E-state index in [1.165, 1.54) is 81.9 Å². The highest BCUT2D eigenvalue weighted by molar-refractivity contribution is 5.46. The molecule has 1 atom stereocenters. The summed E-state index contributed by atoms with van der Waals surface area (Å²) in [6, 6.07) is 4.52. The minimum absolute atomic E-state index is 0.965. The maximum atomic E-state index is 4.80. The number of rotatable bonds is 11. The van der Waals surface area contributed by atoms with Crippen molar-refractivity contribution >= 4 is 5.82 Å². The molecule has 1 N–H and O–H groups in total. The Labute approximate surface area is 143 Å². The van der Waals surface area contributed by atoms with Crippen LogP contribution in [0.3, 0.4) is 0 Å². The lowest BCUT2D eigenvalue weighted by Gasteiger charge is -2.17. The molecule has 23 heavy (non-hydrogen) atoms. The normalized spacial score (nSPS) is 15.0. The van der Waals surface area contributed by atoms with E-state index >= 15 is 0 Å². The zero-order valence-electron chi connectivity index (χ0n) is 15.4. The van der Waals surface area contributed by atoms with Crippen molar-refractivity contribution in [1.82, 2.24) is 4.98 Å². The number of hydrogen-bond acceptors (Lipinski definition) is 2. The Morgan fingerprint density at radius 2 is 1.87 bits per heavy atom. The molecule has 1 aliphatic rings. The van der Waals surface area contributed by atoms with E-state index in [1.807, 2.05) is 0 Å². The van der Waals surface area contributed by atoms with Crippen LogP contribution in [0.25, 0.3) is 0 Å². The Bertz CT molecular complexity index is 441. The number of hydrogen-bond donors (Lipinski definition) is 1. The van der Waals surface area contributed by atoms with Crippen LogP contribution in [0.4, 0.5) is 5.82 Å². The second-order valence-electron chi connectivity index (χ2n) is 7.21. The van der Waals surface area contributed by atoms with Gasteiger partial charge >= 0.3 is 0 Å². The van der Waals surface area contributed by atoms with E-state index in [0.717, 1.165) is 24.7 Å². The number of aryl methyl sites for hydroxylation is 2. The van der Waals surface area contributed by atoms with Crippen LogP contribution in [0.5, 0.6) is 0 Å². The fraction of sp³-hybridized carbons (Fsp3) is 0.762. The van der Waals surface area contributed by atoms with Gasteiger partial charge in [-0.1, -0.05) is 71.3 Å². The van der Waals surface area contributed by atoms with Crippen LogP contribution in [-0.2, 0) is 12.8 Å². The van der Waals surface area contributed by atoms with Crippen LogP contribution in [0, 0.1) is 5.92 Å². The number of fused-ring (bicyclic) bond motifs is 1. The first-order valence-electron chi connectivity index (χ1n) is 10.1. The van der Waals surface area contributed by atoms with Crippen molar-refractivity contribution in [2.45, 2.75) is 90.9 Å². The topological polar surface area (TPSA) is 24.9 Å². The Hall–Kier alpha value is -1.05. The van der Waals surface area contributed by atoms with Crippen LogP contribution < -0.4 is 5.32 Å². The summed E-state index contributed by atoms with van der Waals surface area (Å²) in [6.07, 6.45) is 16.0. The monoisotopic (exact) mass is 316 g/mol. The van der Waals surface area contributed by atoms with Gasteiger partial charge in [0.05, 0.1) is 0 Å². The molecule has 2 rings (SSSR count). The summed E-state index contributed by atoms with van der Waals surface area (Å²) in [6.45, 7) is 5.74. The molecule has 0 unspecified atom stereocenters. The number of nitrogens with one attached hydrogen (secondary N) is 1. The minimum Gasteiger partial charge on any atom is -0.370 e. The average molecular weight is 317 g/mol. The SMILES string of the molecule is CCCCC[C@H](CC)CCCCCc1ccc2c(n1)NCCC2. The second kappa shape index (κ2) is 10.7. The van der Waals surface area contributed by atoms with Crippen molar-refractivity contribution in [1.29, 1.82) is 0 Å². The maximum absolute atomic E-state index is 4.80. The first-order chi connectivity index (χ1) is 11.3. The van der Waals surface area contributed by atoms with E-state index in [9.17, 15) is 0 Å². The highest BCUT2D eigenvalue weighted by atomic mass is 15.0. The van der Waals surface area contributed by atoms with Gasteiger partial charge in [0.15, 0.2) is 0 Å². The van der Waals surface area contributed by atoms with Crippen LogP contribution in [0.2, 0.25) is 0 Å². The minimum atomic E-state index is 0.965. The standard InChI is InChI=1S/C21H36N2/c1-3-5-7-11-18(4-2)12-8-6-9-14-20-16-15-19-13-10-17-22-21(19)23-20/h15-16,18H,3-14,17H2,1-2H3,(H,22,23)/t18-/m0/s1. The zero-order valence-corrected chi connectivity index (χ0v) is 15.4. The van der Waals surface area contributed by atoms with Gasteiger partial charge in [-0.2, -0.15) is 0 Å². The highest BCUT2D eigenvalue weighted by Crippen LogP contribution is 2.22. The van der Waals surface area contributed by atoms with E-state index < -0.39 is 0 Å². The lowest BCUT2D eigenvalue weighted by Crippen LogP contribution is -2.13. The molecular formula is C21H36N2. The molecule has 0 aromatic carbocycles. The third-order valence-electron chi connectivity index (χ3n) is 5.29. The molecule has 0 aliphatic carbocycles. The molecule has 0 saturated heterocycles. The lowest BCUT2D eigenvalue weighted by atomic mass is 9.92. The Morgan fingerprint density at radius 1 is 1.04 bits per heavy atom. The summed E-state index contributed by atoms with van der Waals surface area (Å²) in [5.74, 6) is 2.11. The Kier molecular flexibility index (Phi) is 8.49. The molecular weight excluding hydrogens is 280 g/mol. The quantitative estimate of drug-likeness (QED) is 0.495. The molecule has 0 spiro atoms. The summed E-state index contributed by atoms with van der Waals surface area (Å²) in [4.78, 5) is 4.80. The van der Waals surface area contributed by atoms with Crippen LogP contribution in [0.1, 0.15) is 89.3 Å². The fourth-order valence-corrected chi connectivity index (χ4v) is 3.66. The molecule has 1 aliphatic heterocycles. The number of nitrogens with zero attached hydrogens (tertiary/aromatic N) is 1. The predicted octanol–water partition coefficient (Wildman–Crippen LogP) is 6.15. The molecule has 1 aromatic rings. The molecule has 130 valence electrons. The largest absolute Gasteiger partial charge is 0.370 e. The smallest absolute Gasteiger partial charge is 0.129 e. The molecule has 0 radical (unpaired) electrons. The number of aromatic nitrogens is 1. The number of anilines is 1. The zero-order chi connectivity index (χ0) is 16.3. The van der Waals surface area contributed by atoms with Gasteiger partial charge in [0, 0.05) is 12.2 Å². The third kappa shape index (κ3) is 6.53. The van der Waals surface area contributed by atoms with E-state index in [-0.39, 0.29) is 0 Å². The highest BCUT2D eigenvalue weighted by Gasteiger charge is 2.10.